The predicted molar refractivity (Wildman–Crippen MR) is 39.1 cm³/mol. The summed E-state index contributed by atoms with van der Waals surface area (Å²) in [5.41, 5.74) is 0.450. The van der Waals surface area contributed by atoms with Crippen LogP contribution in [0.5, 0.6) is 0 Å². The molecular weight excluding hydrogens is 141 g/mol. The topological polar surface area (TPSA) is 77.2 Å². The van der Waals surface area contributed by atoms with E-state index in [1.54, 1.807) is 0 Å². The Morgan fingerprint density at radius 2 is 2.45 bits per heavy atom. The van der Waals surface area contributed by atoms with Gasteiger partial charge < -0.3 is 0 Å². The van der Waals surface area contributed by atoms with Crippen molar-refractivity contribution >= 4 is 19.3 Å². The molecule has 11 heavy (non-hydrogen) atoms. The van der Waals surface area contributed by atoms with E-state index in [2.05, 4.69) is 20.4 Å². The Bertz CT molecular complexity index is 320. The van der Waals surface area contributed by atoms with Gasteiger partial charge in [-0.2, -0.15) is 15.5 Å². The zero-order chi connectivity index (χ0) is 8.27. The van der Waals surface area contributed by atoms with E-state index in [1.165, 1.54) is 7.05 Å². The molecule has 0 atom stereocenters. The molecule has 0 spiro atoms. The number of nitriles is 1. The van der Waals surface area contributed by atoms with E-state index in [0.29, 0.717) is 0 Å². The molecule has 0 aliphatic carbocycles. The van der Waals surface area contributed by atoms with Crippen LogP contribution in [0.1, 0.15) is 5.56 Å². The Balaban J connectivity index is 3.18. The van der Waals surface area contributed by atoms with Gasteiger partial charge in [-0.15, -0.1) is 5.11 Å². The van der Waals surface area contributed by atoms with Crippen molar-refractivity contribution < 1.29 is 0 Å². The SMILES string of the molecule is [B]c1[nH]nc(N=NC)c1C#N. The highest BCUT2D eigenvalue weighted by Gasteiger charge is 2.06. The normalized spacial score (nSPS) is 10.2. The number of aromatic amines is 1. The van der Waals surface area contributed by atoms with Crippen LogP contribution in [0.25, 0.3) is 0 Å². The average Bonchev–Trinajstić information content (AvgIpc) is 2.33. The highest BCUT2D eigenvalue weighted by Crippen LogP contribution is 2.10. The number of azo groups is 1. The van der Waals surface area contributed by atoms with Crippen LogP contribution < -0.4 is 5.59 Å². The summed E-state index contributed by atoms with van der Waals surface area (Å²) in [5, 5.41) is 21.6. The molecule has 1 heterocycles. The lowest BCUT2D eigenvalue weighted by molar-refractivity contribution is 1.05. The molecule has 0 aliphatic rings. The van der Waals surface area contributed by atoms with Gasteiger partial charge in [0.1, 0.15) is 19.5 Å². The molecule has 5 nitrogen and oxygen atoms in total. The summed E-state index contributed by atoms with van der Waals surface area (Å²) in [4.78, 5) is 0. The van der Waals surface area contributed by atoms with Crippen LogP contribution in [-0.4, -0.2) is 25.1 Å². The number of nitrogens with zero attached hydrogens (tertiary/aromatic N) is 4. The first kappa shape index (κ1) is 7.47. The van der Waals surface area contributed by atoms with Crippen LogP contribution in [0.4, 0.5) is 5.82 Å². The highest BCUT2D eigenvalue weighted by molar-refractivity contribution is 6.32. The largest absolute Gasteiger partial charge is 0.290 e. The van der Waals surface area contributed by atoms with E-state index in [9.17, 15) is 0 Å². The molecule has 1 rings (SSSR count). The van der Waals surface area contributed by atoms with Crippen molar-refractivity contribution in [3.05, 3.63) is 5.56 Å². The van der Waals surface area contributed by atoms with Gasteiger partial charge in [-0.3, -0.25) is 5.10 Å². The van der Waals surface area contributed by atoms with Crippen molar-refractivity contribution in [3.8, 4) is 6.07 Å². The van der Waals surface area contributed by atoms with Crippen molar-refractivity contribution in [1.29, 1.82) is 5.26 Å². The molecule has 0 fully saturated rings. The summed E-state index contributed by atoms with van der Waals surface area (Å²) in [6.45, 7) is 0. The molecule has 1 N–H and O–H groups in total. The standard InChI is InChI=1S/C5H4BN5/c1-8-10-5-3(2-7)4(6)9-11-5/h1H3,(H,9,11). The molecule has 0 aromatic carbocycles. The van der Waals surface area contributed by atoms with Crippen molar-refractivity contribution in [2.24, 2.45) is 10.2 Å². The molecule has 52 valence electrons. The summed E-state index contributed by atoms with van der Waals surface area (Å²) >= 11 is 0. The molecule has 0 aliphatic heterocycles. The maximum atomic E-state index is 8.52. The predicted octanol–water partition coefficient (Wildman–Crippen LogP) is -0.211. The number of aromatic nitrogens is 2. The number of hydrogen-bond donors (Lipinski definition) is 1. The maximum Gasteiger partial charge on any atom is 0.212 e. The van der Waals surface area contributed by atoms with Gasteiger partial charge in [-0.25, -0.2) is 0 Å². The molecular formula is C5H4BN5. The Kier molecular flexibility index (Phi) is 2.02. The van der Waals surface area contributed by atoms with Crippen LogP contribution in [-0.2, 0) is 0 Å². The summed E-state index contributed by atoms with van der Waals surface area (Å²) in [6, 6.07) is 1.86. The maximum absolute atomic E-state index is 8.52. The van der Waals surface area contributed by atoms with Crippen molar-refractivity contribution in [1.82, 2.24) is 10.2 Å². The molecule has 0 saturated carbocycles. The lowest BCUT2D eigenvalue weighted by atomic mass is 10.0. The lowest BCUT2D eigenvalue weighted by Crippen LogP contribution is -2.06. The second-order valence-electron chi connectivity index (χ2n) is 1.75. The number of hydrogen-bond acceptors (Lipinski definition) is 4. The Morgan fingerprint density at radius 1 is 1.73 bits per heavy atom. The van der Waals surface area contributed by atoms with Crippen LogP contribution in [0.3, 0.4) is 0 Å². The molecule has 2 radical (unpaired) electrons. The van der Waals surface area contributed by atoms with E-state index >= 15 is 0 Å². The smallest absolute Gasteiger partial charge is 0.212 e. The first-order valence-corrected chi connectivity index (χ1v) is 2.83. The van der Waals surface area contributed by atoms with E-state index in [0.717, 1.165) is 0 Å². The number of nitrogens with one attached hydrogen (secondary N) is 1. The van der Waals surface area contributed by atoms with E-state index in [1.807, 2.05) is 6.07 Å². The minimum Gasteiger partial charge on any atom is -0.290 e. The molecule has 1 aromatic rings. The quantitative estimate of drug-likeness (QED) is 0.438. The monoisotopic (exact) mass is 145 g/mol. The average molecular weight is 145 g/mol. The summed E-state index contributed by atoms with van der Waals surface area (Å²) in [5.74, 6) is 0.229. The van der Waals surface area contributed by atoms with E-state index in [-0.39, 0.29) is 17.0 Å². The first-order valence-electron chi connectivity index (χ1n) is 2.83. The third kappa shape index (κ3) is 1.27. The zero-order valence-corrected chi connectivity index (χ0v) is 5.87. The van der Waals surface area contributed by atoms with Crippen molar-refractivity contribution in [3.63, 3.8) is 0 Å². The summed E-state index contributed by atoms with van der Waals surface area (Å²) in [6.07, 6.45) is 0. The van der Waals surface area contributed by atoms with Crippen LogP contribution >= 0.6 is 0 Å². The van der Waals surface area contributed by atoms with Gasteiger partial charge in [0.25, 0.3) is 0 Å². The Morgan fingerprint density at radius 3 is 3.00 bits per heavy atom. The highest BCUT2D eigenvalue weighted by atomic mass is 15.2. The second kappa shape index (κ2) is 2.97. The molecule has 0 amide bonds. The Hall–Kier alpha value is -1.64. The molecule has 6 heteroatoms. The van der Waals surface area contributed by atoms with Crippen molar-refractivity contribution in [2.45, 2.75) is 0 Å². The van der Waals surface area contributed by atoms with Gasteiger partial charge in [0.05, 0.1) is 0 Å². The fourth-order valence-corrected chi connectivity index (χ4v) is 0.623. The second-order valence-corrected chi connectivity index (χ2v) is 1.75. The zero-order valence-electron chi connectivity index (χ0n) is 5.87. The van der Waals surface area contributed by atoms with Gasteiger partial charge >= 0.3 is 0 Å². The van der Waals surface area contributed by atoms with Gasteiger partial charge in [0.2, 0.25) is 5.82 Å². The van der Waals surface area contributed by atoms with E-state index in [4.69, 9.17) is 13.1 Å². The summed E-state index contributed by atoms with van der Waals surface area (Å²) < 4.78 is 0. The van der Waals surface area contributed by atoms with Gasteiger partial charge in [-0.05, 0) is 0 Å². The van der Waals surface area contributed by atoms with Crippen LogP contribution in [0.15, 0.2) is 10.2 Å². The minimum atomic E-state index is 0.218. The fraction of sp³-hybridized carbons (Fsp3) is 0.200. The molecule has 0 bridgehead atoms. The summed E-state index contributed by atoms with van der Waals surface area (Å²) in [7, 11) is 6.83. The molecule has 0 saturated heterocycles. The van der Waals surface area contributed by atoms with Gasteiger partial charge in [0.15, 0.2) is 0 Å². The molecule has 0 unspecified atom stereocenters. The van der Waals surface area contributed by atoms with E-state index < -0.39 is 0 Å². The lowest BCUT2D eigenvalue weighted by Gasteiger charge is -1.82. The fourth-order valence-electron chi connectivity index (χ4n) is 0.623. The number of H-pyrrole nitrogens is 1. The minimum absolute atomic E-state index is 0.218. The third-order valence-electron chi connectivity index (χ3n) is 1.08. The van der Waals surface area contributed by atoms with Gasteiger partial charge in [-0.1, -0.05) is 0 Å². The first-order chi connectivity index (χ1) is 5.29. The van der Waals surface area contributed by atoms with Crippen LogP contribution in [0, 0.1) is 11.3 Å². The third-order valence-corrected chi connectivity index (χ3v) is 1.08. The number of rotatable bonds is 1. The van der Waals surface area contributed by atoms with Crippen LogP contribution in [0.2, 0.25) is 0 Å². The van der Waals surface area contributed by atoms with Gasteiger partial charge in [0, 0.05) is 12.6 Å². The van der Waals surface area contributed by atoms with Crippen molar-refractivity contribution in [2.75, 3.05) is 7.05 Å². The molecule has 1 aromatic heterocycles. The Labute approximate surface area is 64.5 Å².